The second kappa shape index (κ2) is 6.03. The molecule has 1 aliphatic heterocycles. The lowest BCUT2D eigenvalue weighted by atomic mass is 9.90. The van der Waals surface area contributed by atoms with Gasteiger partial charge >= 0.3 is 0 Å². The van der Waals surface area contributed by atoms with Crippen LogP contribution in [0.3, 0.4) is 0 Å². The minimum absolute atomic E-state index is 0.0950. The number of carbonyl (C=O) groups is 1. The van der Waals surface area contributed by atoms with Gasteiger partial charge in [0.15, 0.2) is 5.82 Å². The van der Waals surface area contributed by atoms with Gasteiger partial charge in [-0.05, 0) is 19.8 Å². The molecule has 0 saturated carbocycles. The van der Waals surface area contributed by atoms with Crippen molar-refractivity contribution in [2.24, 2.45) is 0 Å². The minimum atomic E-state index is -0.120. The lowest BCUT2D eigenvalue weighted by Gasteiger charge is -2.30. The molecule has 1 aliphatic rings. The van der Waals surface area contributed by atoms with Crippen molar-refractivity contribution in [3.63, 3.8) is 0 Å². The van der Waals surface area contributed by atoms with Crippen molar-refractivity contribution in [2.75, 3.05) is 13.1 Å². The van der Waals surface area contributed by atoms with Gasteiger partial charge in [0.05, 0.1) is 11.2 Å². The summed E-state index contributed by atoms with van der Waals surface area (Å²) in [4.78, 5) is 24.2. The number of hydrogen-bond acceptors (Lipinski definition) is 6. The van der Waals surface area contributed by atoms with E-state index < -0.39 is 0 Å². The molecule has 3 heterocycles. The molecule has 23 heavy (non-hydrogen) atoms. The van der Waals surface area contributed by atoms with E-state index in [1.54, 1.807) is 5.51 Å². The lowest BCUT2D eigenvalue weighted by Crippen LogP contribution is -2.38. The standard InChI is InChI=1S/C16H22N4O2S/c1-10-18-14(22-19-10)11-5-7-20(8-6-11)15(21)12-13(16(2,3)4)17-9-23-12/h9,11H,5-8H2,1-4H3. The summed E-state index contributed by atoms with van der Waals surface area (Å²) in [7, 11) is 0. The first-order valence-corrected chi connectivity index (χ1v) is 8.77. The molecule has 0 aromatic carbocycles. The Labute approximate surface area is 139 Å². The van der Waals surface area contributed by atoms with E-state index in [9.17, 15) is 4.79 Å². The number of carbonyl (C=O) groups excluding carboxylic acids is 1. The van der Waals surface area contributed by atoms with E-state index in [1.807, 2.05) is 11.8 Å². The van der Waals surface area contributed by atoms with Gasteiger partial charge in [-0.2, -0.15) is 4.98 Å². The first-order valence-electron chi connectivity index (χ1n) is 7.89. The topological polar surface area (TPSA) is 72.1 Å². The molecule has 0 spiro atoms. The summed E-state index contributed by atoms with van der Waals surface area (Å²) < 4.78 is 5.26. The first kappa shape index (κ1) is 16.1. The monoisotopic (exact) mass is 334 g/mol. The quantitative estimate of drug-likeness (QED) is 0.843. The molecule has 1 amide bonds. The van der Waals surface area contributed by atoms with Crippen LogP contribution in [0.5, 0.6) is 0 Å². The molecule has 0 radical (unpaired) electrons. The Kier molecular flexibility index (Phi) is 4.23. The van der Waals surface area contributed by atoms with E-state index in [0.29, 0.717) is 24.8 Å². The highest BCUT2D eigenvalue weighted by Crippen LogP contribution is 2.31. The summed E-state index contributed by atoms with van der Waals surface area (Å²) in [6.45, 7) is 9.51. The maximum absolute atomic E-state index is 12.8. The normalized spacial score (nSPS) is 16.8. The van der Waals surface area contributed by atoms with Gasteiger partial charge in [0.1, 0.15) is 4.88 Å². The van der Waals surface area contributed by atoms with Crippen LogP contribution in [-0.4, -0.2) is 39.0 Å². The molecule has 0 bridgehead atoms. The molecule has 0 unspecified atom stereocenters. The number of aromatic nitrogens is 3. The van der Waals surface area contributed by atoms with Gasteiger partial charge in [0, 0.05) is 24.4 Å². The molecule has 2 aromatic heterocycles. The first-order chi connectivity index (χ1) is 10.9. The summed E-state index contributed by atoms with van der Waals surface area (Å²) in [6, 6.07) is 0. The van der Waals surface area contributed by atoms with Gasteiger partial charge in [-0.3, -0.25) is 4.79 Å². The summed E-state index contributed by atoms with van der Waals surface area (Å²) in [6.07, 6.45) is 1.72. The number of hydrogen-bond donors (Lipinski definition) is 0. The van der Waals surface area contributed by atoms with Crippen LogP contribution in [0.15, 0.2) is 10.0 Å². The number of piperidine rings is 1. The van der Waals surface area contributed by atoms with Gasteiger partial charge in [-0.25, -0.2) is 4.98 Å². The Morgan fingerprint density at radius 2 is 2.04 bits per heavy atom. The van der Waals surface area contributed by atoms with Crippen molar-refractivity contribution in [3.8, 4) is 0 Å². The number of amides is 1. The van der Waals surface area contributed by atoms with Crippen LogP contribution in [0.1, 0.15) is 66.6 Å². The largest absolute Gasteiger partial charge is 0.339 e. The maximum atomic E-state index is 12.8. The molecule has 1 saturated heterocycles. The van der Waals surface area contributed by atoms with Crippen molar-refractivity contribution in [2.45, 2.75) is 51.9 Å². The zero-order valence-corrected chi connectivity index (χ0v) is 14.8. The molecule has 0 atom stereocenters. The van der Waals surface area contributed by atoms with Gasteiger partial charge in [0.25, 0.3) is 5.91 Å². The van der Waals surface area contributed by atoms with Crippen molar-refractivity contribution in [3.05, 3.63) is 27.8 Å². The summed E-state index contributed by atoms with van der Waals surface area (Å²) in [5, 5.41) is 3.85. The lowest BCUT2D eigenvalue weighted by molar-refractivity contribution is 0.0706. The second-order valence-electron chi connectivity index (χ2n) is 7.03. The predicted octanol–water partition coefficient (Wildman–Crippen LogP) is 3.15. The Morgan fingerprint density at radius 3 is 2.61 bits per heavy atom. The van der Waals surface area contributed by atoms with Gasteiger partial charge < -0.3 is 9.42 Å². The molecular formula is C16H22N4O2S. The molecule has 3 rings (SSSR count). The number of nitrogens with zero attached hydrogens (tertiary/aromatic N) is 4. The summed E-state index contributed by atoms with van der Waals surface area (Å²) in [5.74, 6) is 1.71. The third kappa shape index (κ3) is 3.29. The molecule has 7 heteroatoms. The van der Waals surface area contributed by atoms with Crippen molar-refractivity contribution in [1.29, 1.82) is 0 Å². The van der Waals surface area contributed by atoms with Crippen LogP contribution >= 0.6 is 11.3 Å². The fourth-order valence-corrected chi connectivity index (χ4v) is 3.85. The van der Waals surface area contributed by atoms with E-state index in [4.69, 9.17) is 4.52 Å². The molecule has 1 fully saturated rings. The highest BCUT2D eigenvalue weighted by molar-refractivity contribution is 7.11. The molecule has 0 aliphatic carbocycles. The Morgan fingerprint density at radius 1 is 1.35 bits per heavy atom. The Hall–Kier alpha value is -1.76. The van der Waals surface area contributed by atoms with Gasteiger partial charge in [0.2, 0.25) is 5.89 Å². The van der Waals surface area contributed by atoms with Crippen LogP contribution < -0.4 is 0 Å². The fraction of sp³-hybridized carbons (Fsp3) is 0.625. The van der Waals surface area contributed by atoms with Crippen LogP contribution in [0, 0.1) is 6.92 Å². The van der Waals surface area contributed by atoms with Crippen LogP contribution in [0.25, 0.3) is 0 Å². The summed E-state index contributed by atoms with van der Waals surface area (Å²) in [5.41, 5.74) is 2.54. The number of thiazole rings is 1. The van der Waals surface area contributed by atoms with Crippen LogP contribution in [-0.2, 0) is 5.41 Å². The minimum Gasteiger partial charge on any atom is -0.339 e. The Balaban J connectivity index is 1.68. The second-order valence-corrected chi connectivity index (χ2v) is 7.88. The third-order valence-corrected chi connectivity index (χ3v) is 4.96. The molecular weight excluding hydrogens is 312 g/mol. The third-order valence-electron chi connectivity index (χ3n) is 4.15. The van der Waals surface area contributed by atoms with Crippen molar-refractivity contribution < 1.29 is 9.32 Å². The van der Waals surface area contributed by atoms with Crippen LogP contribution in [0.2, 0.25) is 0 Å². The number of aryl methyl sites for hydroxylation is 1. The molecule has 0 N–H and O–H groups in total. The predicted molar refractivity (Wildman–Crippen MR) is 87.7 cm³/mol. The van der Waals surface area contributed by atoms with Gasteiger partial charge in [-0.1, -0.05) is 25.9 Å². The Bertz CT molecular complexity index is 693. The molecule has 2 aromatic rings. The van der Waals surface area contributed by atoms with E-state index in [-0.39, 0.29) is 17.2 Å². The fourth-order valence-electron chi connectivity index (χ4n) is 2.88. The summed E-state index contributed by atoms with van der Waals surface area (Å²) >= 11 is 1.44. The van der Waals surface area contributed by atoms with Gasteiger partial charge in [-0.15, -0.1) is 11.3 Å². The number of rotatable bonds is 2. The average Bonchev–Trinajstić information content (AvgIpc) is 3.15. The zero-order chi connectivity index (χ0) is 16.6. The van der Waals surface area contributed by atoms with Crippen molar-refractivity contribution in [1.82, 2.24) is 20.0 Å². The van der Waals surface area contributed by atoms with Crippen LogP contribution in [0.4, 0.5) is 0 Å². The molecule has 124 valence electrons. The van der Waals surface area contributed by atoms with E-state index in [2.05, 4.69) is 35.9 Å². The average molecular weight is 334 g/mol. The molecule has 6 nitrogen and oxygen atoms in total. The van der Waals surface area contributed by atoms with Crippen molar-refractivity contribution >= 4 is 17.2 Å². The highest BCUT2D eigenvalue weighted by atomic mass is 32.1. The van der Waals surface area contributed by atoms with E-state index >= 15 is 0 Å². The van der Waals surface area contributed by atoms with E-state index in [1.165, 1.54) is 11.3 Å². The SMILES string of the molecule is Cc1noc(C2CCN(C(=O)c3scnc3C(C)(C)C)CC2)n1. The zero-order valence-electron chi connectivity index (χ0n) is 14.0. The highest BCUT2D eigenvalue weighted by Gasteiger charge is 2.31. The smallest absolute Gasteiger partial charge is 0.265 e. The number of likely N-dealkylation sites (tertiary alicyclic amines) is 1. The maximum Gasteiger partial charge on any atom is 0.265 e. The van der Waals surface area contributed by atoms with E-state index in [0.717, 1.165) is 23.4 Å².